The molecule has 2 N–H and O–H groups in total. The Morgan fingerprint density at radius 3 is 2.65 bits per heavy atom. The minimum Gasteiger partial charge on any atom is -0.507 e. The summed E-state index contributed by atoms with van der Waals surface area (Å²) in [7, 11) is 1.55. The van der Waals surface area contributed by atoms with Gasteiger partial charge in [-0.3, -0.25) is 4.79 Å². The van der Waals surface area contributed by atoms with E-state index in [4.69, 9.17) is 9.47 Å². The lowest BCUT2D eigenvalue weighted by Gasteiger charge is -2.44. The zero-order valence-corrected chi connectivity index (χ0v) is 18.5. The van der Waals surface area contributed by atoms with Crippen LogP contribution in [-0.2, 0) is 0 Å². The number of hydrogen-bond acceptors (Lipinski definition) is 5. The van der Waals surface area contributed by atoms with E-state index < -0.39 is 11.7 Å². The Balaban J connectivity index is 1.82. The Morgan fingerprint density at radius 2 is 2.00 bits per heavy atom. The molecule has 0 unspecified atom stereocenters. The molecule has 1 fully saturated rings. The lowest BCUT2D eigenvalue weighted by Crippen LogP contribution is -2.51. The Labute approximate surface area is 183 Å². The van der Waals surface area contributed by atoms with Crippen LogP contribution >= 0.6 is 0 Å². The molecule has 0 radical (unpaired) electrons. The van der Waals surface area contributed by atoms with Crippen LogP contribution in [0.15, 0.2) is 42.5 Å². The van der Waals surface area contributed by atoms with Crippen molar-refractivity contribution in [2.75, 3.05) is 7.11 Å². The number of aliphatic hydroxyl groups is 1. The van der Waals surface area contributed by atoms with Gasteiger partial charge in [0.05, 0.1) is 12.7 Å². The molecular weight excluding hydrogens is 392 g/mol. The third kappa shape index (κ3) is 3.72. The smallest absolute Gasteiger partial charge is 0.193 e. The number of fused-ring (bicyclic) bond motifs is 3. The van der Waals surface area contributed by atoms with Crippen molar-refractivity contribution in [2.24, 2.45) is 11.8 Å². The van der Waals surface area contributed by atoms with Crippen LogP contribution in [0, 0.1) is 11.8 Å². The third-order valence-electron chi connectivity index (χ3n) is 6.77. The van der Waals surface area contributed by atoms with Gasteiger partial charge >= 0.3 is 0 Å². The van der Waals surface area contributed by atoms with Gasteiger partial charge in [0.25, 0.3) is 0 Å². The predicted octanol–water partition coefficient (Wildman–Crippen LogP) is 4.96. The maximum absolute atomic E-state index is 13.2. The summed E-state index contributed by atoms with van der Waals surface area (Å²) in [6.07, 6.45) is 4.14. The Kier molecular flexibility index (Phi) is 5.56. The first-order chi connectivity index (χ1) is 14.7. The van der Waals surface area contributed by atoms with Crippen LogP contribution < -0.4 is 9.47 Å². The number of methoxy groups -OCH3 is 1. The number of rotatable bonds is 5. The summed E-state index contributed by atoms with van der Waals surface area (Å²) in [6, 6.07) is 11.0. The van der Waals surface area contributed by atoms with E-state index in [1.54, 1.807) is 20.1 Å². The van der Waals surface area contributed by atoms with Crippen molar-refractivity contribution in [1.29, 1.82) is 0 Å². The quantitative estimate of drug-likeness (QED) is 0.526. The SMILES string of the molecule is COc1cc(O)c(C(=O)/C=C/c2ccccc2)c2c1[C@@H]1[C@@H](C(C)C)CC[C@@](C)(O)[C@@H]1O2. The van der Waals surface area contributed by atoms with Crippen molar-refractivity contribution >= 4 is 11.9 Å². The largest absolute Gasteiger partial charge is 0.507 e. The van der Waals surface area contributed by atoms with Crippen molar-refractivity contribution in [3.05, 3.63) is 59.2 Å². The van der Waals surface area contributed by atoms with Gasteiger partial charge in [-0.25, -0.2) is 0 Å². The standard InChI is InChI=1S/C26H30O5/c1-15(2)17-12-13-26(3,29)25-21(17)23-20(30-4)14-19(28)22(24(23)31-25)18(27)11-10-16-8-6-5-7-9-16/h5-11,14-15,17,21,25,28-29H,12-13H2,1-4H3/b11-10+/t17-,21+,25-,26-/m1/s1. The number of hydrogen-bond donors (Lipinski definition) is 2. The van der Waals surface area contributed by atoms with Crippen LogP contribution in [0.4, 0.5) is 0 Å². The fourth-order valence-electron chi connectivity index (χ4n) is 5.13. The number of ketones is 1. The van der Waals surface area contributed by atoms with Gasteiger partial charge in [0, 0.05) is 17.5 Å². The molecule has 0 bridgehead atoms. The van der Waals surface area contributed by atoms with Crippen LogP contribution in [0.25, 0.3) is 6.08 Å². The number of benzene rings is 2. The lowest BCUT2D eigenvalue weighted by atomic mass is 9.65. The van der Waals surface area contributed by atoms with Gasteiger partial charge in [-0.2, -0.15) is 0 Å². The molecule has 5 nitrogen and oxygen atoms in total. The molecule has 2 aliphatic rings. The lowest BCUT2D eigenvalue weighted by molar-refractivity contribution is -0.0919. The molecule has 2 aromatic carbocycles. The second-order valence-corrected chi connectivity index (χ2v) is 9.19. The molecule has 164 valence electrons. The van der Waals surface area contributed by atoms with Crippen LogP contribution in [0.5, 0.6) is 17.2 Å². The fraction of sp³-hybridized carbons (Fsp3) is 0.423. The molecule has 0 saturated heterocycles. The highest BCUT2D eigenvalue weighted by atomic mass is 16.5. The first-order valence-corrected chi connectivity index (χ1v) is 10.8. The summed E-state index contributed by atoms with van der Waals surface area (Å²) in [4.78, 5) is 13.2. The van der Waals surface area contributed by atoms with Crippen LogP contribution in [-0.4, -0.2) is 34.8 Å². The summed E-state index contributed by atoms with van der Waals surface area (Å²) >= 11 is 0. The molecule has 0 spiro atoms. The van der Waals surface area contributed by atoms with Crippen LogP contribution in [0.3, 0.4) is 0 Å². The zero-order chi connectivity index (χ0) is 22.3. The van der Waals surface area contributed by atoms with E-state index in [9.17, 15) is 15.0 Å². The molecule has 5 heteroatoms. The summed E-state index contributed by atoms with van der Waals surface area (Å²) < 4.78 is 11.9. The topological polar surface area (TPSA) is 76.0 Å². The van der Waals surface area contributed by atoms with Gasteiger partial charge in [0.1, 0.15) is 28.9 Å². The molecule has 0 amide bonds. The summed E-state index contributed by atoms with van der Waals surface area (Å²) in [5.74, 6) is 0.826. The van der Waals surface area contributed by atoms with Gasteiger partial charge in [0.15, 0.2) is 5.78 Å². The highest BCUT2D eigenvalue weighted by Gasteiger charge is 2.55. The zero-order valence-electron chi connectivity index (χ0n) is 18.5. The van der Waals surface area contributed by atoms with E-state index in [0.29, 0.717) is 23.8 Å². The second-order valence-electron chi connectivity index (χ2n) is 9.19. The van der Waals surface area contributed by atoms with Gasteiger partial charge in [0.2, 0.25) is 0 Å². The average molecular weight is 423 g/mol. The third-order valence-corrected chi connectivity index (χ3v) is 6.77. The number of phenols is 1. The van der Waals surface area contributed by atoms with E-state index in [2.05, 4.69) is 13.8 Å². The van der Waals surface area contributed by atoms with E-state index in [1.165, 1.54) is 12.1 Å². The van der Waals surface area contributed by atoms with E-state index >= 15 is 0 Å². The first-order valence-electron chi connectivity index (χ1n) is 10.8. The molecule has 1 saturated carbocycles. The van der Waals surface area contributed by atoms with Crippen molar-refractivity contribution in [3.8, 4) is 17.2 Å². The number of aromatic hydroxyl groups is 1. The Bertz CT molecular complexity index is 1010. The second kappa shape index (κ2) is 8.04. The summed E-state index contributed by atoms with van der Waals surface area (Å²) in [6.45, 7) is 6.12. The van der Waals surface area contributed by atoms with E-state index in [1.807, 2.05) is 30.3 Å². The highest BCUT2D eigenvalue weighted by Crippen LogP contribution is 2.58. The first kappa shape index (κ1) is 21.4. The van der Waals surface area contributed by atoms with Crippen LogP contribution in [0.1, 0.15) is 61.0 Å². The molecule has 2 aromatic rings. The summed E-state index contributed by atoms with van der Waals surface area (Å²) in [5.41, 5.74) is 0.754. The average Bonchev–Trinajstić information content (AvgIpc) is 3.13. The van der Waals surface area contributed by atoms with Crippen molar-refractivity contribution < 1.29 is 24.5 Å². The van der Waals surface area contributed by atoms with Crippen molar-refractivity contribution in [2.45, 2.75) is 51.2 Å². The summed E-state index contributed by atoms with van der Waals surface area (Å²) in [5, 5.41) is 21.8. The predicted molar refractivity (Wildman–Crippen MR) is 120 cm³/mol. The van der Waals surface area contributed by atoms with Crippen LogP contribution in [0.2, 0.25) is 0 Å². The monoisotopic (exact) mass is 422 g/mol. The minimum atomic E-state index is -1.03. The number of ether oxygens (including phenoxy) is 2. The number of phenolic OH excluding ortho intramolecular Hbond substituents is 1. The molecule has 1 aliphatic heterocycles. The van der Waals surface area contributed by atoms with Gasteiger partial charge in [-0.1, -0.05) is 50.3 Å². The highest BCUT2D eigenvalue weighted by molar-refractivity contribution is 6.11. The van der Waals surface area contributed by atoms with Crippen molar-refractivity contribution in [1.82, 2.24) is 0 Å². The number of allylic oxidation sites excluding steroid dienone is 1. The molecular formula is C26H30O5. The maximum Gasteiger partial charge on any atom is 0.193 e. The minimum absolute atomic E-state index is 0.112. The Hall–Kier alpha value is -2.79. The van der Waals surface area contributed by atoms with E-state index in [-0.39, 0.29) is 28.9 Å². The molecule has 4 atom stereocenters. The normalized spacial score (nSPS) is 27.1. The maximum atomic E-state index is 13.2. The van der Waals surface area contributed by atoms with Gasteiger partial charge in [-0.15, -0.1) is 0 Å². The number of carbonyl (C=O) groups is 1. The molecule has 1 aliphatic carbocycles. The van der Waals surface area contributed by atoms with Crippen molar-refractivity contribution in [3.63, 3.8) is 0 Å². The van der Waals surface area contributed by atoms with E-state index in [0.717, 1.165) is 17.5 Å². The Morgan fingerprint density at radius 1 is 1.29 bits per heavy atom. The van der Waals surface area contributed by atoms with Gasteiger partial charge in [-0.05, 0) is 43.2 Å². The molecule has 4 rings (SSSR count). The van der Waals surface area contributed by atoms with Gasteiger partial charge < -0.3 is 19.7 Å². The molecule has 1 heterocycles. The number of carbonyl (C=O) groups excluding carboxylic acids is 1. The molecule has 0 aromatic heterocycles. The fourth-order valence-corrected chi connectivity index (χ4v) is 5.13. The molecule has 31 heavy (non-hydrogen) atoms.